The first-order chi connectivity index (χ1) is 28.5. The number of sulfonamides is 1. The molecule has 3 aromatic rings. The van der Waals surface area contributed by atoms with Crippen LogP contribution in [0, 0.1) is 17.8 Å². The maximum Gasteiger partial charge on any atom is 0.243 e. The third kappa shape index (κ3) is 9.58. The van der Waals surface area contributed by atoms with Gasteiger partial charge >= 0.3 is 0 Å². The third-order valence-corrected chi connectivity index (χ3v) is 14.2. The van der Waals surface area contributed by atoms with Crippen LogP contribution in [-0.4, -0.2) is 86.1 Å². The van der Waals surface area contributed by atoms with Gasteiger partial charge in [0.15, 0.2) is 0 Å². The van der Waals surface area contributed by atoms with Crippen LogP contribution >= 0.6 is 11.8 Å². The summed E-state index contributed by atoms with van der Waals surface area (Å²) in [6.07, 6.45) is 10.5. The third-order valence-electron chi connectivity index (χ3n) is 11.5. The van der Waals surface area contributed by atoms with E-state index in [-0.39, 0.29) is 54.8 Å². The first kappa shape index (κ1) is 44.4. The topological polar surface area (TPSA) is 156 Å². The molecular weight excluding hydrogens is 791 g/mol. The predicted molar refractivity (Wildman–Crippen MR) is 231 cm³/mol. The summed E-state index contributed by atoms with van der Waals surface area (Å²) in [4.78, 5) is 18.7. The van der Waals surface area contributed by atoms with E-state index < -0.39 is 27.8 Å². The van der Waals surface area contributed by atoms with E-state index in [1.165, 1.54) is 23.4 Å². The van der Waals surface area contributed by atoms with Gasteiger partial charge in [-0.2, -0.15) is 4.31 Å². The molecule has 1 heterocycles. The summed E-state index contributed by atoms with van der Waals surface area (Å²) in [5, 5.41) is 27.1. The number of nitrogens with zero attached hydrogens (tertiary/aromatic N) is 2. The van der Waals surface area contributed by atoms with Crippen LogP contribution in [-0.2, 0) is 24.4 Å². The van der Waals surface area contributed by atoms with Crippen LogP contribution in [0.5, 0.6) is 17.2 Å². The number of rotatable bonds is 20. The second-order valence-corrected chi connectivity index (χ2v) is 18.1. The molecule has 1 aliphatic heterocycles. The Morgan fingerprint density at radius 2 is 1.73 bits per heavy atom. The molecule has 3 N–H and O–H groups in total. The van der Waals surface area contributed by atoms with Crippen LogP contribution in [0.2, 0.25) is 0 Å². The minimum Gasteiger partial charge on any atom is -0.460 e. The number of carbonyl (C=O) groups is 1. The first-order valence-corrected chi connectivity index (χ1v) is 23.1. The Hall–Kier alpha value is -4.18. The quantitative estimate of drug-likeness (QED) is 0.0439. The number of benzene rings is 3. The van der Waals surface area contributed by atoms with Crippen LogP contribution in [0.25, 0.3) is 0 Å². The van der Waals surface area contributed by atoms with Crippen molar-refractivity contribution < 1.29 is 42.5 Å². The lowest BCUT2D eigenvalue weighted by molar-refractivity contribution is -0.250. The summed E-state index contributed by atoms with van der Waals surface area (Å²) < 4.78 is 51.4. The molecule has 1 saturated carbocycles. The number of carbonyl (C=O) groups excluding carboxylic acids is 1. The second kappa shape index (κ2) is 19.9. The molecular formula is C45H57N3O9S2. The lowest BCUT2D eigenvalue weighted by Gasteiger charge is -2.59. The van der Waals surface area contributed by atoms with E-state index in [0.717, 1.165) is 41.7 Å². The molecule has 6 atom stereocenters. The van der Waals surface area contributed by atoms with Gasteiger partial charge in [-0.25, -0.2) is 8.42 Å². The van der Waals surface area contributed by atoms with Crippen molar-refractivity contribution in [2.75, 3.05) is 45.0 Å². The number of thioether (sulfide) groups is 1. The van der Waals surface area contributed by atoms with E-state index in [1.807, 2.05) is 55.6 Å². The number of ether oxygens (including phenoxy) is 3. The molecule has 1 amide bonds. The molecule has 14 heteroatoms. The molecule has 59 heavy (non-hydrogen) atoms. The van der Waals surface area contributed by atoms with Gasteiger partial charge in [-0.1, -0.05) is 30.1 Å². The Balaban J connectivity index is 1.56. The fraction of sp³-hybridized carbons (Fsp3) is 0.467. The fourth-order valence-electron chi connectivity index (χ4n) is 8.94. The zero-order valence-corrected chi connectivity index (χ0v) is 36.0. The number of anilines is 1. The molecule has 1 fully saturated rings. The van der Waals surface area contributed by atoms with Crippen molar-refractivity contribution in [1.29, 1.82) is 0 Å². The molecule has 3 aromatic carbocycles. The van der Waals surface area contributed by atoms with Gasteiger partial charge in [-0.15, -0.1) is 18.3 Å². The lowest BCUT2D eigenvalue weighted by Crippen LogP contribution is -2.69. The van der Waals surface area contributed by atoms with Crippen LogP contribution in [0.3, 0.4) is 0 Å². The standard InChI is InChI=1S/C45H57N3O9S2/c1-6-26-54-45-42(48(4)59(52,53)36-21-14-32(15-22-36)46-30(3)51)29-40(47-55-7-2)38-27-31(12-8-10-24-49)37(13-9-11-25-50)43(44(38)45)39-28-34(18-23-41(39)57-45)56-33-16-19-35(58-5)20-17-33/h6,14-23,27-28,31,37,42-44,49-50H,1,7-13,24-26,29H2,2-5H3,(H,46,51)/t31-,37+,42-,43+,44+,45+/m0/s1. The van der Waals surface area contributed by atoms with E-state index in [0.29, 0.717) is 48.1 Å². The molecule has 0 saturated heterocycles. The number of oxime groups is 1. The summed E-state index contributed by atoms with van der Waals surface area (Å²) >= 11 is 1.65. The van der Waals surface area contributed by atoms with E-state index in [4.69, 9.17) is 19.0 Å². The van der Waals surface area contributed by atoms with E-state index in [9.17, 15) is 23.4 Å². The number of amides is 1. The Morgan fingerprint density at radius 1 is 1.03 bits per heavy atom. The van der Waals surface area contributed by atoms with Gasteiger partial charge in [-0.05, 0) is 123 Å². The second-order valence-electron chi connectivity index (χ2n) is 15.2. The summed E-state index contributed by atoms with van der Waals surface area (Å²) in [7, 11) is -2.66. The molecule has 12 nitrogen and oxygen atoms in total. The molecule has 2 aliphatic carbocycles. The van der Waals surface area contributed by atoms with Gasteiger partial charge in [0.25, 0.3) is 0 Å². The zero-order chi connectivity index (χ0) is 42.2. The van der Waals surface area contributed by atoms with Crippen molar-refractivity contribution in [3.05, 3.63) is 96.6 Å². The van der Waals surface area contributed by atoms with E-state index in [2.05, 4.69) is 23.1 Å². The summed E-state index contributed by atoms with van der Waals surface area (Å²) in [5.41, 5.74) is 2.88. The number of likely N-dealkylation sites (N-methyl/N-ethyl adjacent to an activating group) is 1. The average Bonchev–Trinajstić information content (AvgIpc) is 3.23. The van der Waals surface area contributed by atoms with Crippen molar-refractivity contribution >= 4 is 39.1 Å². The molecule has 6 rings (SSSR count). The highest BCUT2D eigenvalue weighted by atomic mass is 32.2. The van der Waals surface area contributed by atoms with Crippen molar-refractivity contribution in [1.82, 2.24) is 4.31 Å². The van der Waals surface area contributed by atoms with Gasteiger partial charge in [-0.3, -0.25) is 4.79 Å². The number of aliphatic hydroxyl groups is 2. The smallest absolute Gasteiger partial charge is 0.243 e. The number of hydrogen-bond donors (Lipinski definition) is 3. The highest BCUT2D eigenvalue weighted by molar-refractivity contribution is 7.98. The van der Waals surface area contributed by atoms with Crippen molar-refractivity contribution in [3.63, 3.8) is 0 Å². The highest BCUT2D eigenvalue weighted by Gasteiger charge is 2.65. The molecule has 0 spiro atoms. The predicted octanol–water partition coefficient (Wildman–Crippen LogP) is 8.13. The van der Waals surface area contributed by atoms with Crippen LogP contribution < -0.4 is 14.8 Å². The minimum atomic E-state index is -4.20. The highest BCUT2D eigenvalue weighted by Crippen LogP contribution is 2.62. The minimum absolute atomic E-state index is 0.00906. The normalized spacial score (nSPS) is 24.1. The molecule has 0 radical (unpaired) electrons. The van der Waals surface area contributed by atoms with Crippen LogP contribution in [0.15, 0.2) is 106 Å². The van der Waals surface area contributed by atoms with Gasteiger partial charge in [0.1, 0.15) is 23.9 Å². The number of allylic oxidation sites excluding steroid dienone is 1. The zero-order valence-electron chi connectivity index (χ0n) is 34.3. The van der Waals surface area contributed by atoms with Gasteiger partial charge < -0.3 is 34.6 Å². The van der Waals surface area contributed by atoms with Crippen LogP contribution in [0.1, 0.15) is 70.3 Å². The molecule has 0 bridgehead atoms. The fourth-order valence-corrected chi connectivity index (χ4v) is 10.7. The van der Waals surface area contributed by atoms with Crippen molar-refractivity contribution in [2.24, 2.45) is 22.9 Å². The van der Waals surface area contributed by atoms with Crippen molar-refractivity contribution in [2.45, 2.75) is 86.3 Å². The first-order valence-electron chi connectivity index (χ1n) is 20.4. The Labute approximate surface area is 352 Å². The number of aliphatic hydroxyl groups excluding tert-OH is 2. The van der Waals surface area contributed by atoms with Gasteiger partial charge in [0.2, 0.25) is 21.7 Å². The summed E-state index contributed by atoms with van der Waals surface area (Å²) in [5.74, 6) is -0.713. The van der Waals surface area contributed by atoms with E-state index in [1.54, 1.807) is 37.0 Å². The molecule has 3 aliphatic rings. The summed E-state index contributed by atoms with van der Waals surface area (Å²) in [6, 6.07) is 18.8. The number of unbranched alkanes of at least 4 members (excludes halogenated alkanes) is 2. The van der Waals surface area contributed by atoms with Crippen molar-refractivity contribution in [3.8, 4) is 17.2 Å². The average molecular weight is 848 g/mol. The Kier molecular flexibility index (Phi) is 15.0. The maximum absolute atomic E-state index is 14.7. The SMILES string of the molecule is C=CCO[C@@]12Oc3ccc(Oc4ccc(SC)cc4)cc3[C@H]3[C@H](CCCCO)[C@@H](CCCCO)C=C(C(=NOCC)C[C@@H]1N(C)S(=O)(=O)c1ccc(NC(C)=O)cc1)[C@H]32. The number of nitrogens with one attached hydrogen (secondary N) is 1. The Bertz CT molecular complexity index is 2090. The molecule has 0 unspecified atom stereocenters. The lowest BCUT2D eigenvalue weighted by atomic mass is 9.55. The largest absolute Gasteiger partial charge is 0.460 e. The molecule has 0 aromatic heterocycles. The Morgan fingerprint density at radius 3 is 2.37 bits per heavy atom. The molecule has 318 valence electrons. The number of hydrogen-bond acceptors (Lipinski definition) is 11. The van der Waals surface area contributed by atoms with Gasteiger partial charge in [0.05, 0.1) is 29.2 Å². The van der Waals surface area contributed by atoms with Gasteiger partial charge in [0, 0.05) is 55.7 Å². The number of fused-ring (bicyclic) bond motifs is 2. The maximum atomic E-state index is 14.7. The van der Waals surface area contributed by atoms with Crippen LogP contribution in [0.4, 0.5) is 5.69 Å². The monoisotopic (exact) mass is 847 g/mol. The summed E-state index contributed by atoms with van der Waals surface area (Å²) in [6.45, 7) is 7.75. The van der Waals surface area contributed by atoms with E-state index >= 15 is 0 Å².